The monoisotopic (exact) mass is 274 g/mol. The number of hydrogen-bond acceptors (Lipinski definition) is 0. The third-order valence-corrected chi connectivity index (χ3v) is 5.81. The Morgan fingerprint density at radius 3 is 1.24 bits per heavy atom. The van der Waals surface area contributed by atoms with Crippen molar-refractivity contribution in [3.63, 3.8) is 0 Å². The molecule has 0 N–H and O–H groups in total. The molecule has 5 rings (SSSR count). The molecule has 0 bridgehead atoms. The van der Waals surface area contributed by atoms with E-state index in [1.165, 1.54) is 57.8 Å². The van der Waals surface area contributed by atoms with E-state index in [-0.39, 0.29) is 0 Å². The molecule has 0 heteroatoms. The molecule has 0 radical (unpaired) electrons. The highest BCUT2D eigenvalue weighted by atomic mass is 14.3. The molecule has 0 spiro atoms. The minimum atomic E-state index is 1.17. The number of aryl methyl sites for hydroxylation is 4. The van der Waals surface area contributed by atoms with Gasteiger partial charge in [-0.2, -0.15) is 0 Å². The molecule has 3 aliphatic rings. The maximum absolute atomic E-state index is 2.53. The van der Waals surface area contributed by atoms with Gasteiger partial charge in [0.05, 0.1) is 0 Å². The van der Waals surface area contributed by atoms with Crippen molar-refractivity contribution in [2.24, 2.45) is 0 Å². The highest BCUT2D eigenvalue weighted by molar-refractivity contribution is 5.79. The molecule has 21 heavy (non-hydrogen) atoms. The third-order valence-electron chi connectivity index (χ3n) is 5.81. The molecule has 0 amide bonds. The van der Waals surface area contributed by atoms with Crippen molar-refractivity contribution in [1.82, 2.24) is 0 Å². The first-order valence-electron chi connectivity index (χ1n) is 8.68. The van der Waals surface area contributed by atoms with Crippen LogP contribution < -0.4 is 0 Å². The van der Waals surface area contributed by atoms with Gasteiger partial charge in [0.1, 0.15) is 0 Å². The van der Waals surface area contributed by atoms with Gasteiger partial charge < -0.3 is 0 Å². The van der Waals surface area contributed by atoms with Gasteiger partial charge in [-0.05, 0) is 102 Å². The zero-order valence-corrected chi connectivity index (χ0v) is 12.7. The molecule has 0 heterocycles. The van der Waals surface area contributed by atoms with Crippen LogP contribution >= 0.6 is 0 Å². The third kappa shape index (κ3) is 1.81. The predicted molar refractivity (Wildman–Crippen MR) is 88.0 cm³/mol. The molecule has 0 aromatic heterocycles. The number of rotatable bonds is 0. The van der Waals surface area contributed by atoms with Gasteiger partial charge in [-0.1, -0.05) is 24.3 Å². The standard InChI is InChI=1S/C21H22/c1-3-7-16-12-20-18(9-14(16)5-1)11-19-10-15-6-2-4-8-17(15)13-21(19)20/h9-10,12-13H,1-8,11H2. The summed E-state index contributed by atoms with van der Waals surface area (Å²) in [6.07, 6.45) is 11.9. The van der Waals surface area contributed by atoms with Crippen LogP contribution in [0.1, 0.15) is 59.1 Å². The molecule has 0 fully saturated rings. The number of hydrogen-bond donors (Lipinski definition) is 0. The summed E-state index contributed by atoms with van der Waals surface area (Å²) in [5.74, 6) is 0. The fourth-order valence-electron chi connectivity index (χ4n) is 4.67. The van der Waals surface area contributed by atoms with E-state index in [9.17, 15) is 0 Å². The van der Waals surface area contributed by atoms with Crippen molar-refractivity contribution in [3.05, 3.63) is 57.6 Å². The SMILES string of the molecule is c1c2c(cc3c1Cc1cc4c(cc1-3)CCCC4)CCCC2. The molecule has 106 valence electrons. The zero-order valence-electron chi connectivity index (χ0n) is 12.7. The molecular formula is C21H22. The van der Waals surface area contributed by atoms with E-state index in [0.29, 0.717) is 0 Å². The first-order valence-corrected chi connectivity index (χ1v) is 8.68. The van der Waals surface area contributed by atoms with Gasteiger partial charge in [-0.3, -0.25) is 0 Å². The van der Waals surface area contributed by atoms with Gasteiger partial charge in [0.15, 0.2) is 0 Å². The lowest BCUT2D eigenvalue weighted by atomic mass is 9.86. The van der Waals surface area contributed by atoms with E-state index >= 15 is 0 Å². The fourth-order valence-corrected chi connectivity index (χ4v) is 4.67. The highest BCUT2D eigenvalue weighted by Gasteiger charge is 2.24. The zero-order chi connectivity index (χ0) is 13.8. The Bertz CT molecular complexity index is 673. The second-order valence-electron chi connectivity index (χ2n) is 7.15. The summed E-state index contributed by atoms with van der Waals surface area (Å²) in [6, 6.07) is 10.1. The van der Waals surface area contributed by atoms with Crippen molar-refractivity contribution in [3.8, 4) is 11.1 Å². The molecule has 2 aromatic carbocycles. The Balaban J connectivity index is 1.67. The first-order chi connectivity index (χ1) is 10.4. The van der Waals surface area contributed by atoms with Crippen LogP contribution in [0.5, 0.6) is 0 Å². The Morgan fingerprint density at radius 1 is 0.429 bits per heavy atom. The van der Waals surface area contributed by atoms with Crippen LogP contribution in [0.25, 0.3) is 11.1 Å². The molecule has 0 atom stereocenters. The Hall–Kier alpha value is -1.56. The molecule has 0 nitrogen and oxygen atoms in total. The van der Waals surface area contributed by atoms with E-state index in [1.54, 1.807) is 44.5 Å². The fraction of sp³-hybridized carbons (Fsp3) is 0.429. The smallest absolute Gasteiger partial charge is 0.00132 e. The van der Waals surface area contributed by atoms with Crippen LogP contribution in [-0.2, 0) is 32.1 Å². The predicted octanol–water partition coefficient (Wildman–Crippen LogP) is 5.02. The van der Waals surface area contributed by atoms with Crippen molar-refractivity contribution in [2.45, 2.75) is 57.8 Å². The molecular weight excluding hydrogens is 252 g/mol. The van der Waals surface area contributed by atoms with E-state index in [4.69, 9.17) is 0 Å². The highest BCUT2D eigenvalue weighted by Crippen LogP contribution is 2.41. The van der Waals surface area contributed by atoms with Crippen LogP contribution in [-0.4, -0.2) is 0 Å². The van der Waals surface area contributed by atoms with Crippen LogP contribution in [0.3, 0.4) is 0 Å². The van der Waals surface area contributed by atoms with E-state index < -0.39 is 0 Å². The topological polar surface area (TPSA) is 0 Å². The summed E-state index contributed by atoms with van der Waals surface area (Å²) >= 11 is 0. The molecule has 0 saturated heterocycles. The van der Waals surface area contributed by atoms with Crippen LogP contribution in [0.15, 0.2) is 24.3 Å². The first kappa shape index (κ1) is 12.0. The lowest BCUT2D eigenvalue weighted by Crippen LogP contribution is -2.03. The van der Waals surface area contributed by atoms with Crippen LogP contribution in [0, 0.1) is 0 Å². The summed E-state index contributed by atoms with van der Waals surface area (Å²) in [6.45, 7) is 0. The Morgan fingerprint density at radius 2 is 0.810 bits per heavy atom. The molecule has 3 aliphatic carbocycles. The summed E-state index contributed by atoms with van der Waals surface area (Å²) < 4.78 is 0. The lowest BCUT2D eigenvalue weighted by Gasteiger charge is -2.19. The molecule has 0 saturated carbocycles. The van der Waals surface area contributed by atoms with Gasteiger partial charge in [0.2, 0.25) is 0 Å². The number of benzene rings is 2. The largest absolute Gasteiger partial charge is 0.0546 e. The second kappa shape index (κ2) is 4.47. The van der Waals surface area contributed by atoms with Gasteiger partial charge in [-0.25, -0.2) is 0 Å². The lowest BCUT2D eigenvalue weighted by molar-refractivity contribution is 0.685. The second-order valence-corrected chi connectivity index (χ2v) is 7.15. The minimum Gasteiger partial charge on any atom is -0.0546 e. The van der Waals surface area contributed by atoms with Gasteiger partial charge in [0, 0.05) is 0 Å². The normalized spacial score (nSPS) is 18.7. The average molecular weight is 274 g/mol. The summed E-state index contributed by atoms with van der Waals surface area (Å²) in [5, 5.41) is 0. The van der Waals surface area contributed by atoms with Crippen LogP contribution in [0.4, 0.5) is 0 Å². The van der Waals surface area contributed by atoms with Crippen molar-refractivity contribution in [1.29, 1.82) is 0 Å². The summed E-state index contributed by atoms with van der Waals surface area (Å²) in [7, 11) is 0. The minimum absolute atomic E-state index is 1.17. The summed E-state index contributed by atoms with van der Waals surface area (Å²) in [4.78, 5) is 0. The van der Waals surface area contributed by atoms with E-state index in [1.807, 2.05) is 0 Å². The van der Waals surface area contributed by atoms with Crippen LogP contribution in [0.2, 0.25) is 0 Å². The molecule has 0 aliphatic heterocycles. The Labute approximate surface area is 127 Å². The summed E-state index contributed by atoms with van der Waals surface area (Å²) in [5.41, 5.74) is 12.8. The van der Waals surface area contributed by atoms with E-state index in [0.717, 1.165) is 0 Å². The quantitative estimate of drug-likeness (QED) is 0.540. The van der Waals surface area contributed by atoms with Crippen molar-refractivity contribution < 1.29 is 0 Å². The molecule has 2 aromatic rings. The average Bonchev–Trinajstić information content (AvgIpc) is 2.87. The van der Waals surface area contributed by atoms with Gasteiger partial charge in [0.25, 0.3) is 0 Å². The van der Waals surface area contributed by atoms with E-state index in [2.05, 4.69) is 24.3 Å². The van der Waals surface area contributed by atoms with Gasteiger partial charge >= 0.3 is 0 Å². The number of fused-ring (bicyclic) bond motifs is 5. The molecule has 0 unspecified atom stereocenters. The van der Waals surface area contributed by atoms with Crippen molar-refractivity contribution >= 4 is 0 Å². The van der Waals surface area contributed by atoms with Crippen molar-refractivity contribution in [2.75, 3.05) is 0 Å². The maximum atomic E-state index is 2.53. The Kier molecular flexibility index (Phi) is 2.56. The maximum Gasteiger partial charge on any atom is -0.00132 e. The van der Waals surface area contributed by atoms with Gasteiger partial charge in [-0.15, -0.1) is 0 Å².